The maximum absolute atomic E-state index is 13.9. The molecular weight excluding hydrogens is 392 g/mol. The quantitative estimate of drug-likeness (QED) is 0.709. The summed E-state index contributed by atoms with van der Waals surface area (Å²) in [5, 5.41) is 11.9. The van der Waals surface area contributed by atoms with Gasteiger partial charge in [-0.1, -0.05) is 18.2 Å². The minimum absolute atomic E-state index is 0.0597. The Kier molecular flexibility index (Phi) is 4.28. The monoisotopic (exact) mass is 418 g/mol. The van der Waals surface area contributed by atoms with E-state index in [-0.39, 0.29) is 11.8 Å². The van der Waals surface area contributed by atoms with Crippen LogP contribution in [0, 0.1) is 13.8 Å². The summed E-state index contributed by atoms with van der Waals surface area (Å²) in [6.07, 6.45) is 4.23. The molecule has 5 rings (SSSR count). The Morgan fingerprint density at radius 3 is 2.74 bits per heavy atom. The normalized spacial score (nSPS) is 22.3. The number of carbonyl (C=O) groups excluding carboxylic acids is 2. The van der Waals surface area contributed by atoms with Crippen LogP contribution in [0.15, 0.2) is 36.7 Å². The number of para-hydroxylation sites is 1. The fourth-order valence-electron chi connectivity index (χ4n) is 5.41. The van der Waals surface area contributed by atoms with E-state index in [4.69, 9.17) is 0 Å². The maximum atomic E-state index is 13.9. The van der Waals surface area contributed by atoms with Crippen LogP contribution < -0.4 is 5.32 Å². The molecule has 31 heavy (non-hydrogen) atoms. The van der Waals surface area contributed by atoms with Crippen LogP contribution in [0.25, 0.3) is 0 Å². The van der Waals surface area contributed by atoms with Gasteiger partial charge in [0.15, 0.2) is 0 Å². The molecule has 0 saturated carbocycles. The lowest BCUT2D eigenvalue weighted by Gasteiger charge is -2.33. The molecule has 0 bridgehead atoms. The zero-order chi connectivity index (χ0) is 21.9. The van der Waals surface area contributed by atoms with E-state index in [0.29, 0.717) is 30.8 Å². The van der Waals surface area contributed by atoms with Gasteiger partial charge in [0, 0.05) is 43.3 Å². The summed E-state index contributed by atoms with van der Waals surface area (Å²) in [6.45, 7) is 6.99. The Balaban J connectivity index is 1.67. The topological polar surface area (TPSA) is 85.1 Å². The molecule has 8 nitrogen and oxygen atoms in total. The predicted octanol–water partition coefficient (Wildman–Crippen LogP) is 2.73. The summed E-state index contributed by atoms with van der Waals surface area (Å²) in [6, 6.07) is 7.34. The van der Waals surface area contributed by atoms with Crippen LogP contribution in [0.3, 0.4) is 0 Å². The number of carbonyl (C=O) groups is 2. The average Bonchev–Trinajstić information content (AvgIpc) is 3.48. The minimum Gasteiger partial charge on any atom is -0.330 e. The zero-order valence-electron chi connectivity index (χ0n) is 18.2. The largest absolute Gasteiger partial charge is 0.330 e. The standard InChI is InChI=1S/C23H26N6O2/c1-5-29-15(3)19(14(2)26-29)21(30)28-11-10-23(20(28)16-12-24-27(4)13-16)17-8-6-7-9-18(17)25-22(23)31/h6-9,12-13,20H,5,10-11H2,1-4H3,(H,25,31). The van der Waals surface area contributed by atoms with Gasteiger partial charge in [0.2, 0.25) is 5.91 Å². The van der Waals surface area contributed by atoms with E-state index in [1.54, 1.807) is 10.9 Å². The molecule has 0 aliphatic carbocycles. The van der Waals surface area contributed by atoms with Gasteiger partial charge in [0.05, 0.1) is 23.5 Å². The third-order valence-corrected chi connectivity index (χ3v) is 6.78. The van der Waals surface area contributed by atoms with Crippen molar-refractivity contribution in [3.05, 3.63) is 64.7 Å². The van der Waals surface area contributed by atoms with Gasteiger partial charge in [-0.05, 0) is 38.8 Å². The third kappa shape index (κ3) is 2.60. The number of aryl methyl sites for hydroxylation is 3. The van der Waals surface area contributed by atoms with Crippen molar-refractivity contribution in [2.24, 2.45) is 7.05 Å². The van der Waals surface area contributed by atoms with Crippen LogP contribution in [-0.2, 0) is 23.8 Å². The Hall–Kier alpha value is -3.42. The summed E-state index contributed by atoms with van der Waals surface area (Å²) in [5.74, 6) is -0.145. The average molecular weight is 419 g/mol. The number of nitrogens with one attached hydrogen (secondary N) is 1. The molecule has 2 unspecified atom stereocenters. The highest BCUT2D eigenvalue weighted by atomic mass is 16.2. The number of likely N-dealkylation sites (tertiary alicyclic amines) is 1. The molecule has 3 aromatic rings. The van der Waals surface area contributed by atoms with Gasteiger partial charge in [-0.3, -0.25) is 19.0 Å². The first-order valence-corrected chi connectivity index (χ1v) is 10.6. The smallest absolute Gasteiger partial charge is 0.258 e. The van der Waals surface area contributed by atoms with Gasteiger partial charge in [0.1, 0.15) is 5.41 Å². The summed E-state index contributed by atoms with van der Waals surface area (Å²) in [5.41, 5.74) is 3.98. The molecule has 160 valence electrons. The molecule has 0 radical (unpaired) electrons. The number of nitrogens with zero attached hydrogens (tertiary/aromatic N) is 5. The van der Waals surface area contributed by atoms with E-state index in [9.17, 15) is 9.59 Å². The molecule has 8 heteroatoms. The molecule has 1 fully saturated rings. The van der Waals surface area contributed by atoms with Gasteiger partial charge in [-0.25, -0.2) is 0 Å². The molecule has 2 aromatic heterocycles. The van der Waals surface area contributed by atoms with Crippen molar-refractivity contribution in [1.82, 2.24) is 24.5 Å². The number of hydrogen-bond acceptors (Lipinski definition) is 4. The van der Waals surface area contributed by atoms with Crippen LogP contribution in [0.1, 0.15) is 52.3 Å². The minimum atomic E-state index is -0.835. The summed E-state index contributed by atoms with van der Waals surface area (Å²) >= 11 is 0. The number of aromatic nitrogens is 4. The number of rotatable bonds is 3. The van der Waals surface area contributed by atoms with Crippen molar-refractivity contribution in [2.45, 2.75) is 45.2 Å². The van der Waals surface area contributed by atoms with E-state index < -0.39 is 11.5 Å². The van der Waals surface area contributed by atoms with Crippen LogP contribution in [-0.4, -0.2) is 42.8 Å². The van der Waals surface area contributed by atoms with Crippen LogP contribution in [0.2, 0.25) is 0 Å². The highest BCUT2D eigenvalue weighted by Crippen LogP contribution is 2.55. The Labute approximate surface area is 180 Å². The van der Waals surface area contributed by atoms with Crippen molar-refractivity contribution in [1.29, 1.82) is 0 Å². The summed E-state index contributed by atoms with van der Waals surface area (Å²) in [4.78, 5) is 29.2. The van der Waals surface area contributed by atoms with Gasteiger partial charge < -0.3 is 10.2 Å². The zero-order valence-corrected chi connectivity index (χ0v) is 18.2. The van der Waals surface area contributed by atoms with Crippen LogP contribution in [0.5, 0.6) is 0 Å². The molecule has 1 aromatic carbocycles. The van der Waals surface area contributed by atoms with Crippen molar-refractivity contribution in [3.63, 3.8) is 0 Å². The van der Waals surface area contributed by atoms with Crippen molar-refractivity contribution in [2.75, 3.05) is 11.9 Å². The van der Waals surface area contributed by atoms with E-state index in [1.807, 2.05) is 67.9 Å². The fraction of sp³-hybridized carbons (Fsp3) is 0.391. The van der Waals surface area contributed by atoms with Crippen LogP contribution >= 0.6 is 0 Å². The first-order chi connectivity index (χ1) is 14.9. The Morgan fingerprint density at radius 1 is 1.29 bits per heavy atom. The van der Waals surface area contributed by atoms with Gasteiger partial charge in [0.25, 0.3) is 5.91 Å². The number of anilines is 1. The lowest BCUT2D eigenvalue weighted by Crippen LogP contribution is -2.42. The summed E-state index contributed by atoms with van der Waals surface area (Å²) in [7, 11) is 1.85. The maximum Gasteiger partial charge on any atom is 0.258 e. The second-order valence-electron chi connectivity index (χ2n) is 8.43. The van der Waals surface area contributed by atoms with Crippen LogP contribution in [0.4, 0.5) is 5.69 Å². The van der Waals surface area contributed by atoms with Crippen molar-refractivity contribution in [3.8, 4) is 0 Å². The van der Waals surface area contributed by atoms with Crippen molar-refractivity contribution >= 4 is 17.5 Å². The lowest BCUT2D eigenvalue weighted by molar-refractivity contribution is -0.121. The number of hydrogen-bond donors (Lipinski definition) is 1. The predicted molar refractivity (Wildman–Crippen MR) is 116 cm³/mol. The Bertz CT molecular complexity index is 1210. The summed E-state index contributed by atoms with van der Waals surface area (Å²) < 4.78 is 3.57. The van der Waals surface area contributed by atoms with Gasteiger partial charge in [-0.2, -0.15) is 10.2 Å². The lowest BCUT2D eigenvalue weighted by atomic mass is 9.73. The van der Waals surface area contributed by atoms with Gasteiger partial charge >= 0.3 is 0 Å². The number of benzene rings is 1. The molecule has 4 heterocycles. The van der Waals surface area contributed by atoms with E-state index in [2.05, 4.69) is 15.5 Å². The number of amides is 2. The molecule has 1 saturated heterocycles. The Morgan fingerprint density at radius 2 is 2.06 bits per heavy atom. The third-order valence-electron chi connectivity index (χ3n) is 6.78. The second kappa shape index (κ2) is 6.80. The first-order valence-electron chi connectivity index (χ1n) is 10.6. The van der Waals surface area contributed by atoms with E-state index in [1.165, 1.54) is 0 Å². The number of fused-ring (bicyclic) bond motifs is 2. The van der Waals surface area contributed by atoms with Gasteiger partial charge in [-0.15, -0.1) is 0 Å². The molecule has 2 aliphatic heterocycles. The second-order valence-corrected chi connectivity index (χ2v) is 8.43. The molecular formula is C23H26N6O2. The molecule has 1 N–H and O–H groups in total. The fourth-order valence-corrected chi connectivity index (χ4v) is 5.41. The highest BCUT2D eigenvalue weighted by molar-refractivity contribution is 6.08. The first kappa shape index (κ1) is 19.5. The SMILES string of the molecule is CCn1nc(C)c(C(=O)N2CCC3(C(=O)Nc4ccccc43)C2c2cnn(C)c2)c1C. The van der Waals surface area contributed by atoms with E-state index in [0.717, 1.165) is 22.5 Å². The molecule has 2 atom stereocenters. The molecule has 2 amide bonds. The molecule has 2 aliphatic rings. The van der Waals surface area contributed by atoms with Crippen molar-refractivity contribution < 1.29 is 9.59 Å². The van der Waals surface area contributed by atoms with E-state index >= 15 is 0 Å². The highest BCUT2D eigenvalue weighted by Gasteiger charge is 2.59. The molecule has 1 spiro atoms.